The Morgan fingerprint density at radius 2 is 1.88 bits per heavy atom. The highest BCUT2D eigenvalue weighted by Gasteiger charge is 2.11. The third kappa shape index (κ3) is 4.61. The minimum Gasteiger partial charge on any atom is -0.497 e. The highest BCUT2D eigenvalue weighted by Crippen LogP contribution is 2.24. The molecule has 0 aliphatic carbocycles. The van der Waals surface area contributed by atoms with Crippen LogP contribution in [-0.4, -0.2) is 30.8 Å². The number of amides is 1. The first-order chi connectivity index (χ1) is 12.7. The van der Waals surface area contributed by atoms with E-state index in [9.17, 15) is 9.90 Å². The molecule has 0 unspecified atom stereocenters. The molecule has 134 valence electrons. The summed E-state index contributed by atoms with van der Waals surface area (Å²) in [5, 5.41) is 15.0. The Labute approximate surface area is 153 Å². The SMILES string of the molecule is COc1ccc2cccc(CC(=O)NC[C@H](O)Cc3ccccc3)c2c1. The molecule has 0 saturated carbocycles. The molecule has 4 heteroatoms. The summed E-state index contributed by atoms with van der Waals surface area (Å²) in [6.45, 7) is 0.238. The van der Waals surface area contributed by atoms with Gasteiger partial charge in [-0.05, 0) is 34.0 Å². The van der Waals surface area contributed by atoms with Crippen molar-refractivity contribution in [1.29, 1.82) is 0 Å². The van der Waals surface area contributed by atoms with E-state index in [0.717, 1.165) is 27.6 Å². The van der Waals surface area contributed by atoms with E-state index in [1.54, 1.807) is 7.11 Å². The van der Waals surface area contributed by atoms with Crippen LogP contribution in [0, 0.1) is 0 Å². The minimum atomic E-state index is -0.603. The van der Waals surface area contributed by atoms with E-state index < -0.39 is 6.10 Å². The van der Waals surface area contributed by atoms with Crippen LogP contribution in [0.5, 0.6) is 5.75 Å². The average molecular weight is 349 g/mol. The van der Waals surface area contributed by atoms with Crippen LogP contribution >= 0.6 is 0 Å². The number of carbonyl (C=O) groups is 1. The number of rotatable bonds is 7. The predicted molar refractivity (Wildman–Crippen MR) is 103 cm³/mol. The number of benzene rings is 3. The lowest BCUT2D eigenvalue weighted by Crippen LogP contribution is -2.34. The fraction of sp³-hybridized carbons (Fsp3) is 0.227. The molecular weight excluding hydrogens is 326 g/mol. The van der Waals surface area contributed by atoms with Gasteiger partial charge in [0.1, 0.15) is 5.75 Å². The van der Waals surface area contributed by atoms with Gasteiger partial charge in [-0.25, -0.2) is 0 Å². The lowest BCUT2D eigenvalue weighted by molar-refractivity contribution is -0.120. The van der Waals surface area contributed by atoms with Crippen molar-refractivity contribution in [2.24, 2.45) is 0 Å². The van der Waals surface area contributed by atoms with Gasteiger partial charge >= 0.3 is 0 Å². The number of ether oxygens (including phenoxy) is 1. The molecule has 0 bridgehead atoms. The van der Waals surface area contributed by atoms with Gasteiger partial charge in [0.05, 0.1) is 19.6 Å². The molecule has 0 heterocycles. The van der Waals surface area contributed by atoms with Gasteiger partial charge in [-0.1, -0.05) is 54.6 Å². The molecular formula is C22H23NO3. The maximum atomic E-state index is 12.3. The molecule has 0 fully saturated rings. The van der Waals surface area contributed by atoms with Gasteiger partial charge in [0, 0.05) is 13.0 Å². The van der Waals surface area contributed by atoms with E-state index in [1.165, 1.54) is 0 Å². The molecule has 0 radical (unpaired) electrons. The third-order valence-electron chi connectivity index (χ3n) is 4.38. The van der Waals surface area contributed by atoms with E-state index in [2.05, 4.69) is 5.32 Å². The number of nitrogens with one attached hydrogen (secondary N) is 1. The van der Waals surface area contributed by atoms with Gasteiger partial charge in [-0.3, -0.25) is 4.79 Å². The predicted octanol–water partition coefficient (Wildman–Crippen LogP) is 3.11. The van der Waals surface area contributed by atoms with Crippen LogP contribution in [0.4, 0.5) is 0 Å². The molecule has 0 aliphatic heterocycles. The first-order valence-corrected chi connectivity index (χ1v) is 8.70. The van der Waals surface area contributed by atoms with Gasteiger partial charge in [-0.15, -0.1) is 0 Å². The molecule has 0 aliphatic rings. The van der Waals surface area contributed by atoms with Crippen LogP contribution in [-0.2, 0) is 17.6 Å². The fourth-order valence-corrected chi connectivity index (χ4v) is 3.02. The Hall–Kier alpha value is -2.85. The van der Waals surface area contributed by atoms with E-state index in [-0.39, 0.29) is 18.9 Å². The van der Waals surface area contributed by atoms with Crippen LogP contribution < -0.4 is 10.1 Å². The largest absolute Gasteiger partial charge is 0.497 e. The summed E-state index contributed by atoms with van der Waals surface area (Å²) >= 11 is 0. The highest BCUT2D eigenvalue weighted by atomic mass is 16.5. The van der Waals surface area contributed by atoms with Gasteiger partial charge in [-0.2, -0.15) is 0 Å². The van der Waals surface area contributed by atoms with Gasteiger partial charge < -0.3 is 15.2 Å². The molecule has 0 spiro atoms. The van der Waals surface area contributed by atoms with Crippen molar-refractivity contribution in [3.05, 3.63) is 77.9 Å². The maximum absolute atomic E-state index is 12.3. The Morgan fingerprint density at radius 1 is 1.08 bits per heavy atom. The first kappa shape index (κ1) is 18.0. The molecule has 1 amide bonds. The first-order valence-electron chi connectivity index (χ1n) is 8.70. The van der Waals surface area contributed by atoms with Crippen LogP contribution in [0.2, 0.25) is 0 Å². The topological polar surface area (TPSA) is 58.6 Å². The van der Waals surface area contributed by atoms with Crippen molar-refractivity contribution >= 4 is 16.7 Å². The van der Waals surface area contributed by atoms with Crippen LogP contribution in [0.25, 0.3) is 10.8 Å². The second-order valence-corrected chi connectivity index (χ2v) is 6.33. The van der Waals surface area contributed by atoms with Crippen molar-refractivity contribution in [2.75, 3.05) is 13.7 Å². The summed E-state index contributed by atoms with van der Waals surface area (Å²) in [4.78, 5) is 12.3. The van der Waals surface area contributed by atoms with Crippen molar-refractivity contribution in [3.63, 3.8) is 0 Å². The minimum absolute atomic E-state index is 0.104. The smallest absolute Gasteiger partial charge is 0.224 e. The van der Waals surface area contributed by atoms with Crippen LogP contribution in [0.15, 0.2) is 66.7 Å². The Bertz CT molecular complexity index is 877. The molecule has 0 aromatic heterocycles. The molecule has 3 aromatic rings. The number of hydrogen-bond donors (Lipinski definition) is 2. The van der Waals surface area contributed by atoms with E-state index >= 15 is 0 Å². The zero-order valence-electron chi connectivity index (χ0n) is 14.8. The average Bonchev–Trinajstić information content (AvgIpc) is 2.67. The molecule has 1 atom stereocenters. The van der Waals surface area contributed by atoms with E-state index in [4.69, 9.17) is 4.74 Å². The molecule has 3 aromatic carbocycles. The zero-order chi connectivity index (χ0) is 18.4. The van der Waals surface area contributed by atoms with Crippen molar-refractivity contribution in [3.8, 4) is 5.75 Å². The van der Waals surface area contributed by atoms with Crippen molar-refractivity contribution in [2.45, 2.75) is 18.9 Å². The second-order valence-electron chi connectivity index (χ2n) is 6.33. The molecule has 2 N–H and O–H groups in total. The number of aliphatic hydroxyl groups is 1. The normalized spacial score (nSPS) is 11.9. The summed E-state index contributed by atoms with van der Waals surface area (Å²) in [6, 6.07) is 21.5. The number of carbonyl (C=O) groups excluding carboxylic acids is 1. The summed E-state index contributed by atoms with van der Waals surface area (Å²) in [6.07, 6.45) is 0.184. The molecule has 3 rings (SSSR count). The quantitative estimate of drug-likeness (QED) is 0.689. The Morgan fingerprint density at radius 3 is 2.65 bits per heavy atom. The zero-order valence-corrected chi connectivity index (χ0v) is 14.8. The molecule has 26 heavy (non-hydrogen) atoms. The lowest BCUT2D eigenvalue weighted by atomic mass is 10.0. The maximum Gasteiger partial charge on any atom is 0.224 e. The van der Waals surface area contributed by atoms with Crippen LogP contribution in [0.3, 0.4) is 0 Å². The molecule has 4 nitrogen and oxygen atoms in total. The Balaban J connectivity index is 1.60. The van der Waals surface area contributed by atoms with Crippen molar-refractivity contribution < 1.29 is 14.6 Å². The number of fused-ring (bicyclic) bond motifs is 1. The highest BCUT2D eigenvalue weighted by molar-refractivity contribution is 5.91. The summed E-state index contributed by atoms with van der Waals surface area (Å²) in [5.74, 6) is 0.663. The standard InChI is InChI=1S/C22H23NO3/c1-26-20-11-10-17-8-5-9-18(21(17)14-20)13-22(25)23-15-19(24)12-16-6-3-2-4-7-16/h2-11,14,19,24H,12-13,15H2,1H3,(H,23,25)/t19-/m1/s1. The van der Waals surface area contributed by atoms with Crippen LogP contribution in [0.1, 0.15) is 11.1 Å². The summed E-state index contributed by atoms with van der Waals surface area (Å²) in [5.41, 5.74) is 1.99. The lowest BCUT2D eigenvalue weighted by Gasteiger charge is -2.13. The second kappa shape index (κ2) is 8.50. The number of aliphatic hydroxyl groups excluding tert-OH is 1. The fourth-order valence-electron chi connectivity index (χ4n) is 3.02. The van der Waals surface area contributed by atoms with E-state index in [1.807, 2.05) is 66.7 Å². The summed E-state index contributed by atoms with van der Waals surface area (Å²) < 4.78 is 5.28. The number of methoxy groups -OCH3 is 1. The third-order valence-corrected chi connectivity index (χ3v) is 4.38. The van der Waals surface area contributed by atoms with Crippen molar-refractivity contribution in [1.82, 2.24) is 5.32 Å². The van der Waals surface area contributed by atoms with Gasteiger partial charge in [0.25, 0.3) is 0 Å². The monoisotopic (exact) mass is 349 g/mol. The Kier molecular flexibility index (Phi) is 5.87. The molecule has 0 saturated heterocycles. The van der Waals surface area contributed by atoms with E-state index in [0.29, 0.717) is 6.42 Å². The van der Waals surface area contributed by atoms with Gasteiger partial charge in [0.2, 0.25) is 5.91 Å². The number of hydrogen-bond acceptors (Lipinski definition) is 3. The van der Waals surface area contributed by atoms with Gasteiger partial charge in [0.15, 0.2) is 0 Å². The summed E-state index contributed by atoms with van der Waals surface area (Å²) in [7, 11) is 1.63.